The molecule has 0 bridgehead atoms. The van der Waals surface area contributed by atoms with Gasteiger partial charge in [0.25, 0.3) is 5.91 Å². The van der Waals surface area contributed by atoms with Gasteiger partial charge >= 0.3 is 0 Å². The van der Waals surface area contributed by atoms with Gasteiger partial charge in [0.15, 0.2) is 0 Å². The molecule has 0 saturated carbocycles. The van der Waals surface area contributed by atoms with Crippen molar-refractivity contribution in [3.05, 3.63) is 82.4 Å². The van der Waals surface area contributed by atoms with Gasteiger partial charge in [0.1, 0.15) is 11.5 Å². The molecule has 0 atom stereocenters. The maximum atomic E-state index is 14.0. The summed E-state index contributed by atoms with van der Waals surface area (Å²) in [5.74, 6) is -0.569. The normalized spacial score (nSPS) is 10.7. The van der Waals surface area contributed by atoms with Crippen LogP contribution in [0, 0.1) is 12.7 Å². The summed E-state index contributed by atoms with van der Waals surface area (Å²) in [6.45, 7) is 2.17. The largest absolute Gasteiger partial charge is 0.337 e. The lowest BCUT2D eigenvalue weighted by atomic mass is 10.2. The molecule has 0 fully saturated rings. The predicted octanol–water partition coefficient (Wildman–Crippen LogP) is 4.25. The Morgan fingerprint density at radius 1 is 1.24 bits per heavy atom. The van der Waals surface area contributed by atoms with Crippen LogP contribution in [0.4, 0.5) is 4.39 Å². The molecule has 1 amide bonds. The molecule has 0 aliphatic rings. The molecule has 25 heavy (non-hydrogen) atoms. The molecular formula is C19H17ClFN3O. The van der Waals surface area contributed by atoms with Crippen molar-refractivity contribution >= 4 is 17.5 Å². The van der Waals surface area contributed by atoms with E-state index in [1.54, 1.807) is 43.1 Å². The van der Waals surface area contributed by atoms with E-state index in [-0.39, 0.29) is 11.7 Å². The third-order valence-corrected chi connectivity index (χ3v) is 4.21. The van der Waals surface area contributed by atoms with Crippen LogP contribution in [-0.4, -0.2) is 27.6 Å². The zero-order valence-electron chi connectivity index (χ0n) is 13.9. The maximum absolute atomic E-state index is 14.0. The molecule has 1 heterocycles. The second-order valence-corrected chi connectivity index (χ2v) is 6.23. The molecule has 4 nitrogen and oxygen atoms in total. The predicted molar refractivity (Wildman–Crippen MR) is 95.5 cm³/mol. The number of hydrogen-bond donors (Lipinski definition) is 0. The van der Waals surface area contributed by atoms with E-state index in [4.69, 9.17) is 11.6 Å². The lowest BCUT2D eigenvalue weighted by Crippen LogP contribution is -2.26. The van der Waals surface area contributed by atoms with Gasteiger partial charge in [-0.3, -0.25) is 4.79 Å². The number of aromatic nitrogens is 2. The lowest BCUT2D eigenvalue weighted by Gasteiger charge is -2.17. The molecular weight excluding hydrogens is 341 g/mol. The topological polar surface area (TPSA) is 38.1 Å². The molecule has 2 aromatic carbocycles. The van der Waals surface area contributed by atoms with E-state index in [0.717, 1.165) is 5.56 Å². The van der Waals surface area contributed by atoms with Gasteiger partial charge in [-0.2, -0.15) is 5.10 Å². The first-order valence-corrected chi connectivity index (χ1v) is 8.14. The SMILES string of the molecule is Cc1c(C(=O)N(C)Cc2cccc(Cl)c2)cnn1-c1ccccc1F. The summed E-state index contributed by atoms with van der Waals surface area (Å²) in [5.41, 5.74) is 2.28. The highest BCUT2D eigenvalue weighted by molar-refractivity contribution is 6.30. The minimum Gasteiger partial charge on any atom is -0.337 e. The first-order chi connectivity index (χ1) is 12.0. The number of amides is 1. The Morgan fingerprint density at radius 2 is 2.00 bits per heavy atom. The van der Waals surface area contributed by atoms with E-state index >= 15 is 0 Å². The van der Waals surface area contributed by atoms with Crippen LogP contribution in [0.3, 0.4) is 0 Å². The van der Waals surface area contributed by atoms with Gasteiger partial charge in [0, 0.05) is 18.6 Å². The number of benzene rings is 2. The fourth-order valence-electron chi connectivity index (χ4n) is 2.67. The van der Waals surface area contributed by atoms with Crippen LogP contribution in [0.15, 0.2) is 54.7 Å². The van der Waals surface area contributed by atoms with Crippen molar-refractivity contribution in [1.82, 2.24) is 14.7 Å². The average Bonchev–Trinajstić information content (AvgIpc) is 2.96. The van der Waals surface area contributed by atoms with E-state index in [2.05, 4.69) is 5.10 Å². The molecule has 1 aromatic heterocycles. The van der Waals surface area contributed by atoms with Gasteiger partial charge in [-0.05, 0) is 36.8 Å². The van der Waals surface area contributed by atoms with Gasteiger partial charge in [-0.1, -0.05) is 35.9 Å². The zero-order valence-corrected chi connectivity index (χ0v) is 14.7. The number of nitrogens with zero attached hydrogens (tertiary/aromatic N) is 3. The number of hydrogen-bond acceptors (Lipinski definition) is 2. The van der Waals surface area contributed by atoms with Crippen molar-refractivity contribution in [2.75, 3.05) is 7.05 Å². The van der Waals surface area contributed by atoms with Crippen LogP contribution >= 0.6 is 11.6 Å². The Labute approximate surface area is 150 Å². The first kappa shape index (κ1) is 17.2. The van der Waals surface area contributed by atoms with Gasteiger partial charge in [-0.15, -0.1) is 0 Å². The molecule has 0 aliphatic heterocycles. The number of rotatable bonds is 4. The van der Waals surface area contributed by atoms with Crippen LogP contribution in [0.2, 0.25) is 5.02 Å². The first-order valence-electron chi connectivity index (χ1n) is 7.77. The molecule has 0 N–H and O–H groups in total. The molecule has 0 spiro atoms. The van der Waals surface area contributed by atoms with Gasteiger partial charge < -0.3 is 4.90 Å². The Morgan fingerprint density at radius 3 is 2.72 bits per heavy atom. The van der Waals surface area contributed by atoms with E-state index in [0.29, 0.717) is 28.5 Å². The second-order valence-electron chi connectivity index (χ2n) is 5.80. The summed E-state index contributed by atoms with van der Waals surface area (Å²) in [6.07, 6.45) is 1.47. The number of para-hydroxylation sites is 1. The molecule has 6 heteroatoms. The monoisotopic (exact) mass is 357 g/mol. The number of carbonyl (C=O) groups excluding carboxylic acids is 1. The van der Waals surface area contributed by atoms with E-state index < -0.39 is 0 Å². The highest BCUT2D eigenvalue weighted by Crippen LogP contribution is 2.19. The quantitative estimate of drug-likeness (QED) is 0.700. The summed E-state index contributed by atoms with van der Waals surface area (Å²) < 4.78 is 15.4. The van der Waals surface area contributed by atoms with Crippen molar-refractivity contribution < 1.29 is 9.18 Å². The average molecular weight is 358 g/mol. The van der Waals surface area contributed by atoms with Crippen molar-refractivity contribution in [3.63, 3.8) is 0 Å². The highest BCUT2D eigenvalue weighted by Gasteiger charge is 2.20. The third kappa shape index (κ3) is 3.56. The van der Waals surface area contributed by atoms with Crippen LogP contribution in [0.5, 0.6) is 0 Å². The minimum atomic E-state index is -0.389. The van der Waals surface area contributed by atoms with Crippen molar-refractivity contribution in [2.45, 2.75) is 13.5 Å². The summed E-state index contributed by atoms with van der Waals surface area (Å²) in [5, 5.41) is 4.81. The Hall–Kier alpha value is -2.66. The molecule has 3 rings (SSSR count). The van der Waals surface area contributed by atoms with Crippen molar-refractivity contribution in [1.29, 1.82) is 0 Å². The summed E-state index contributed by atoms with van der Waals surface area (Å²) in [4.78, 5) is 14.3. The van der Waals surface area contributed by atoms with E-state index in [1.165, 1.54) is 16.9 Å². The molecule has 0 unspecified atom stereocenters. The molecule has 0 radical (unpaired) electrons. The number of halogens is 2. The fraction of sp³-hybridized carbons (Fsp3) is 0.158. The van der Waals surface area contributed by atoms with E-state index in [9.17, 15) is 9.18 Å². The van der Waals surface area contributed by atoms with Crippen LogP contribution in [-0.2, 0) is 6.54 Å². The minimum absolute atomic E-state index is 0.180. The number of carbonyl (C=O) groups is 1. The molecule has 0 aliphatic carbocycles. The molecule has 3 aromatic rings. The maximum Gasteiger partial charge on any atom is 0.257 e. The van der Waals surface area contributed by atoms with Gasteiger partial charge in [0.05, 0.1) is 17.5 Å². The Bertz CT molecular complexity index is 923. The van der Waals surface area contributed by atoms with Crippen molar-refractivity contribution in [3.8, 4) is 5.69 Å². The van der Waals surface area contributed by atoms with Crippen molar-refractivity contribution in [2.24, 2.45) is 0 Å². The fourth-order valence-corrected chi connectivity index (χ4v) is 2.89. The van der Waals surface area contributed by atoms with Crippen LogP contribution in [0.25, 0.3) is 5.69 Å². The Balaban J connectivity index is 1.85. The molecule has 0 saturated heterocycles. The van der Waals surface area contributed by atoms with Gasteiger partial charge in [-0.25, -0.2) is 9.07 Å². The van der Waals surface area contributed by atoms with Crippen LogP contribution in [0.1, 0.15) is 21.6 Å². The smallest absolute Gasteiger partial charge is 0.257 e. The third-order valence-electron chi connectivity index (χ3n) is 3.98. The molecule has 128 valence electrons. The summed E-state index contributed by atoms with van der Waals surface area (Å²) in [7, 11) is 1.71. The Kier molecular flexibility index (Phi) is 4.86. The van der Waals surface area contributed by atoms with E-state index in [1.807, 2.05) is 18.2 Å². The highest BCUT2D eigenvalue weighted by atomic mass is 35.5. The van der Waals surface area contributed by atoms with Gasteiger partial charge in [0.2, 0.25) is 0 Å². The second kappa shape index (κ2) is 7.07. The summed E-state index contributed by atoms with van der Waals surface area (Å²) in [6, 6.07) is 13.7. The van der Waals surface area contributed by atoms with Crippen LogP contribution < -0.4 is 0 Å². The lowest BCUT2D eigenvalue weighted by molar-refractivity contribution is 0.0784. The zero-order chi connectivity index (χ0) is 18.0. The summed E-state index contributed by atoms with van der Waals surface area (Å²) >= 11 is 5.98. The standard InChI is InChI=1S/C19H17ClFN3O/c1-13-16(11-22-24(13)18-9-4-3-8-17(18)21)19(25)23(2)12-14-6-5-7-15(20)10-14/h3-11H,12H2,1-2H3.